The second-order valence-electron chi connectivity index (χ2n) is 10.2. The van der Waals surface area contributed by atoms with Crippen LogP contribution in [-0.2, 0) is 23.9 Å². The fraction of sp³-hybridized carbons (Fsp3) is 0.583. The van der Waals surface area contributed by atoms with E-state index in [1.807, 2.05) is 0 Å². The van der Waals surface area contributed by atoms with Crippen LogP contribution >= 0.6 is 11.6 Å². The minimum Gasteiger partial charge on any atom is -0.427 e. The van der Waals surface area contributed by atoms with Crippen molar-refractivity contribution in [2.75, 3.05) is 0 Å². The molecule has 7 nitrogen and oxygen atoms in total. The largest absolute Gasteiger partial charge is 0.427 e. The molecule has 4 aliphatic rings. The fourth-order valence-electron chi connectivity index (χ4n) is 7.01. The number of allylic oxidation sites excluding steroid dienone is 5. The van der Waals surface area contributed by atoms with Gasteiger partial charge in [-0.1, -0.05) is 25.4 Å². The van der Waals surface area contributed by atoms with E-state index in [2.05, 4.69) is 0 Å². The van der Waals surface area contributed by atoms with Gasteiger partial charge in [0, 0.05) is 23.8 Å². The lowest BCUT2D eigenvalue weighted by Crippen LogP contribution is -2.69. The summed E-state index contributed by atoms with van der Waals surface area (Å²) < 4.78 is 22.6. The number of ketones is 2. The molecule has 0 heterocycles. The van der Waals surface area contributed by atoms with Crippen LogP contribution in [0.25, 0.3) is 0 Å². The number of carbonyl (C=O) groups excluding carboxylic acids is 4. The van der Waals surface area contributed by atoms with Crippen LogP contribution in [0.5, 0.6) is 0 Å². The smallest absolute Gasteiger partial charge is 0.308 e. The van der Waals surface area contributed by atoms with Gasteiger partial charge >= 0.3 is 5.97 Å². The number of esters is 1. The number of fused-ring (bicyclic) bond motifs is 5. The first-order valence-corrected chi connectivity index (χ1v) is 11.2. The Balaban J connectivity index is 1.98. The fourth-order valence-corrected chi connectivity index (χ4v) is 7.28. The Morgan fingerprint density at radius 3 is 2.55 bits per heavy atom. The Morgan fingerprint density at radius 2 is 1.97 bits per heavy atom. The van der Waals surface area contributed by atoms with Gasteiger partial charge in [0.05, 0.1) is 16.6 Å². The standard InChI is InChI=1S/C24H26ClFO7/c1-11-5-13-14-7-18(33-12(2)28)15-6-17(29)16(25)8-21(15,3)23(14,26)19(30)9-22(13,4)24(11,32)20(31)10-27/h6-8,10-11,13-14,19,30,32H,5,9H2,1-4H3/t11-,13+,14+,19+,21+,22+,23+,24+/m1/s1. The lowest BCUT2D eigenvalue weighted by atomic mass is 9.46. The van der Waals surface area contributed by atoms with Crippen molar-refractivity contribution in [3.63, 3.8) is 0 Å². The van der Waals surface area contributed by atoms with E-state index in [4.69, 9.17) is 16.3 Å². The molecule has 0 unspecified atom stereocenters. The number of aliphatic hydroxyl groups is 2. The van der Waals surface area contributed by atoms with E-state index < -0.39 is 63.5 Å². The molecule has 0 bridgehead atoms. The first-order valence-electron chi connectivity index (χ1n) is 10.8. The van der Waals surface area contributed by atoms with E-state index >= 15 is 4.39 Å². The lowest BCUT2D eigenvalue weighted by molar-refractivity contribution is -0.205. The van der Waals surface area contributed by atoms with Gasteiger partial charge in [-0.25, -0.2) is 4.39 Å². The third-order valence-corrected chi connectivity index (χ3v) is 8.94. The molecule has 0 spiro atoms. The molecule has 0 aromatic rings. The highest BCUT2D eigenvalue weighted by Gasteiger charge is 2.76. The summed E-state index contributed by atoms with van der Waals surface area (Å²) in [5.74, 6) is -4.82. The number of carbonyl (C=O) groups is 4. The number of aliphatic hydroxyl groups excluding tert-OH is 1. The molecule has 4 rings (SSSR count). The van der Waals surface area contributed by atoms with E-state index in [1.54, 1.807) is 13.8 Å². The van der Waals surface area contributed by atoms with Gasteiger partial charge in [0.1, 0.15) is 11.4 Å². The molecule has 0 saturated heterocycles. The Kier molecular flexibility index (Phi) is 5.21. The van der Waals surface area contributed by atoms with E-state index in [0.29, 0.717) is 0 Å². The SMILES string of the molecule is CC(=O)OC1=C[C@H]2[C@@H]3C[C@@H](C)[C@](O)(C(=O)C=O)[C@@]3(C)C[C@H](O)[C@]2(F)[C@@]2(C)C=C(Cl)C(=O)C=C12. The van der Waals surface area contributed by atoms with Gasteiger partial charge in [-0.15, -0.1) is 0 Å². The molecule has 0 amide bonds. The minimum atomic E-state index is -2.40. The van der Waals surface area contributed by atoms with Gasteiger partial charge in [-0.3, -0.25) is 19.2 Å². The molecular weight excluding hydrogens is 455 g/mol. The number of aldehydes is 1. The molecule has 33 heavy (non-hydrogen) atoms. The maximum absolute atomic E-state index is 17.3. The first-order chi connectivity index (χ1) is 15.2. The Hall–Kier alpha value is -2.16. The predicted octanol–water partition coefficient (Wildman–Crippen LogP) is 2.34. The van der Waals surface area contributed by atoms with Crippen molar-refractivity contribution in [2.24, 2.45) is 28.6 Å². The highest BCUT2D eigenvalue weighted by molar-refractivity contribution is 6.44. The van der Waals surface area contributed by atoms with Crippen molar-refractivity contribution >= 4 is 35.4 Å². The molecule has 9 heteroatoms. The Bertz CT molecular complexity index is 1080. The summed E-state index contributed by atoms with van der Waals surface area (Å²) in [6.45, 7) is 5.83. The van der Waals surface area contributed by atoms with Gasteiger partial charge in [0.15, 0.2) is 17.7 Å². The number of hydrogen-bond acceptors (Lipinski definition) is 7. The van der Waals surface area contributed by atoms with E-state index in [1.165, 1.54) is 26.0 Å². The maximum atomic E-state index is 17.3. The normalized spacial score (nSPS) is 46.2. The van der Waals surface area contributed by atoms with Gasteiger partial charge in [0.25, 0.3) is 0 Å². The summed E-state index contributed by atoms with van der Waals surface area (Å²) in [6.07, 6.45) is 1.96. The third kappa shape index (κ3) is 2.74. The summed E-state index contributed by atoms with van der Waals surface area (Å²) in [4.78, 5) is 48.1. The quantitative estimate of drug-likeness (QED) is 0.361. The van der Waals surface area contributed by atoms with Crippen LogP contribution in [-0.4, -0.2) is 51.4 Å². The summed E-state index contributed by atoms with van der Waals surface area (Å²) in [6, 6.07) is 0. The highest BCUT2D eigenvalue weighted by atomic mass is 35.5. The Labute approximate surface area is 195 Å². The number of alkyl halides is 1. The minimum absolute atomic E-state index is 0.0294. The molecule has 0 aromatic carbocycles. The molecule has 0 radical (unpaired) electrons. The van der Waals surface area contributed by atoms with Crippen molar-refractivity contribution in [3.8, 4) is 0 Å². The predicted molar refractivity (Wildman–Crippen MR) is 114 cm³/mol. The van der Waals surface area contributed by atoms with Crippen LogP contribution in [0.3, 0.4) is 0 Å². The zero-order valence-electron chi connectivity index (χ0n) is 18.7. The summed E-state index contributed by atoms with van der Waals surface area (Å²) >= 11 is 6.11. The van der Waals surface area contributed by atoms with Crippen LogP contribution in [0, 0.1) is 28.6 Å². The monoisotopic (exact) mass is 480 g/mol. The average molecular weight is 481 g/mol. The van der Waals surface area contributed by atoms with Crippen LogP contribution in [0.15, 0.2) is 34.6 Å². The topological polar surface area (TPSA) is 118 Å². The number of Topliss-reactive ketones (excluding diaryl/α,β-unsaturated/α-hetero) is 1. The molecule has 2 saturated carbocycles. The zero-order chi connectivity index (χ0) is 24.7. The van der Waals surface area contributed by atoms with Crippen LogP contribution in [0.1, 0.15) is 40.5 Å². The summed E-state index contributed by atoms with van der Waals surface area (Å²) in [5.41, 5.74) is -7.38. The van der Waals surface area contributed by atoms with Crippen LogP contribution in [0.2, 0.25) is 0 Å². The molecule has 0 aliphatic heterocycles. The molecule has 0 aromatic heterocycles. The lowest BCUT2D eigenvalue weighted by Gasteiger charge is -2.61. The first kappa shape index (κ1) is 24.0. The second-order valence-corrected chi connectivity index (χ2v) is 10.6. The van der Waals surface area contributed by atoms with Crippen molar-refractivity contribution in [3.05, 3.63) is 34.6 Å². The summed E-state index contributed by atoms with van der Waals surface area (Å²) in [7, 11) is 0. The summed E-state index contributed by atoms with van der Waals surface area (Å²) in [5, 5.41) is 22.5. The highest BCUT2D eigenvalue weighted by Crippen LogP contribution is 2.70. The number of rotatable bonds is 3. The second kappa shape index (κ2) is 7.17. The number of halogens is 2. The molecule has 178 valence electrons. The van der Waals surface area contributed by atoms with E-state index in [-0.39, 0.29) is 35.5 Å². The average Bonchev–Trinajstić information content (AvgIpc) is 2.92. The van der Waals surface area contributed by atoms with Crippen LogP contribution in [0.4, 0.5) is 4.39 Å². The number of hydrogen-bond donors (Lipinski definition) is 2. The Morgan fingerprint density at radius 1 is 1.33 bits per heavy atom. The third-order valence-electron chi connectivity index (χ3n) is 8.65. The zero-order valence-corrected chi connectivity index (χ0v) is 19.5. The van der Waals surface area contributed by atoms with Gasteiger partial charge in [-0.05, 0) is 49.8 Å². The van der Waals surface area contributed by atoms with Crippen molar-refractivity contribution in [1.82, 2.24) is 0 Å². The van der Waals surface area contributed by atoms with Gasteiger partial charge in [0.2, 0.25) is 5.78 Å². The van der Waals surface area contributed by atoms with Gasteiger partial charge in [-0.2, -0.15) is 0 Å². The van der Waals surface area contributed by atoms with Crippen molar-refractivity contribution in [2.45, 2.75) is 57.9 Å². The molecule has 2 N–H and O–H groups in total. The van der Waals surface area contributed by atoms with Gasteiger partial charge < -0.3 is 14.9 Å². The van der Waals surface area contributed by atoms with Crippen LogP contribution < -0.4 is 0 Å². The molecule has 4 aliphatic carbocycles. The molecule has 2 fully saturated rings. The molecular formula is C24H26ClFO7. The van der Waals surface area contributed by atoms with Crippen molar-refractivity contribution in [1.29, 1.82) is 0 Å². The maximum Gasteiger partial charge on any atom is 0.308 e. The van der Waals surface area contributed by atoms with E-state index in [0.717, 1.165) is 6.08 Å². The number of ether oxygens (including phenoxy) is 1. The molecule has 8 atom stereocenters. The van der Waals surface area contributed by atoms with E-state index in [9.17, 15) is 29.4 Å². The van der Waals surface area contributed by atoms with Crippen molar-refractivity contribution < 1.29 is 38.5 Å².